The van der Waals surface area contributed by atoms with E-state index in [0.717, 1.165) is 12.0 Å². The van der Waals surface area contributed by atoms with Gasteiger partial charge in [-0.05, 0) is 6.07 Å². The molecule has 4 nitrogen and oxygen atoms in total. The molecule has 1 aromatic rings. The summed E-state index contributed by atoms with van der Waals surface area (Å²) >= 11 is 0. The van der Waals surface area contributed by atoms with E-state index in [-0.39, 0.29) is 11.7 Å². The topological polar surface area (TPSA) is 55.8 Å². The fourth-order valence-corrected chi connectivity index (χ4v) is 1.81. The third-order valence-corrected chi connectivity index (χ3v) is 2.53. The zero-order chi connectivity index (χ0) is 10.8. The molecule has 1 atom stereocenters. The Labute approximate surface area is 87.4 Å². The van der Waals surface area contributed by atoms with Crippen molar-refractivity contribution in [1.29, 1.82) is 0 Å². The minimum Gasteiger partial charge on any atom is -0.492 e. The van der Waals surface area contributed by atoms with Gasteiger partial charge in [-0.25, -0.2) is 4.79 Å². The Hall–Kier alpha value is -1.55. The Balaban J connectivity index is 2.50. The van der Waals surface area contributed by atoms with Crippen LogP contribution in [-0.2, 0) is 4.74 Å². The van der Waals surface area contributed by atoms with Crippen LogP contribution in [0.2, 0.25) is 0 Å². The molecule has 0 aromatic heterocycles. The normalized spacial score (nSPS) is 19.1. The molecule has 0 spiro atoms. The number of methoxy groups -OCH3 is 1. The Bertz CT molecular complexity index is 386. The van der Waals surface area contributed by atoms with Gasteiger partial charge < -0.3 is 14.6 Å². The van der Waals surface area contributed by atoms with Crippen LogP contribution in [0.1, 0.15) is 28.4 Å². The van der Waals surface area contributed by atoms with Gasteiger partial charge >= 0.3 is 5.97 Å². The van der Waals surface area contributed by atoms with Crippen LogP contribution in [0.25, 0.3) is 0 Å². The number of aromatic carboxylic acids is 1. The van der Waals surface area contributed by atoms with Crippen molar-refractivity contribution < 1.29 is 19.4 Å². The molecule has 15 heavy (non-hydrogen) atoms. The predicted molar refractivity (Wildman–Crippen MR) is 53.3 cm³/mol. The first-order chi connectivity index (χ1) is 7.24. The Morgan fingerprint density at radius 3 is 3.07 bits per heavy atom. The van der Waals surface area contributed by atoms with E-state index >= 15 is 0 Å². The molecule has 4 heteroatoms. The molecule has 0 amide bonds. The van der Waals surface area contributed by atoms with Crippen LogP contribution in [0.5, 0.6) is 5.75 Å². The largest absolute Gasteiger partial charge is 0.492 e. The maximum atomic E-state index is 10.9. The van der Waals surface area contributed by atoms with E-state index in [1.165, 1.54) is 0 Å². The van der Waals surface area contributed by atoms with Crippen molar-refractivity contribution in [2.24, 2.45) is 0 Å². The summed E-state index contributed by atoms with van der Waals surface area (Å²) in [5.74, 6) is -0.522. The highest BCUT2D eigenvalue weighted by atomic mass is 16.5. The summed E-state index contributed by atoms with van der Waals surface area (Å²) in [6, 6.07) is 5.09. The van der Waals surface area contributed by atoms with Gasteiger partial charge in [-0.3, -0.25) is 0 Å². The average molecular weight is 208 g/mol. The summed E-state index contributed by atoms with van der Waals surface area (Å²) < 4.78 is 10.7. The summed E-state index contributed by atoms with van der Waals surface area (Å²) in [4.78, 5) is 10.9. The van der Waals surface area contributed by atoms with E-state index in [4.69, 9.17) is 14.6 Å². The summed E-state index contributed by atoms with van der Waals surface area (Å²) in [6.07, 6.45) is 0.695. The number of para-hydroxylation sites is 1. The van der Waals surface area contributed by atoms with Crippen molar-refractivity contribution in [3.8, 4) is 5.75 Å². The van der Waals surface area contributed by atoms with E-state index in [1.807, 2.05) is 6.07 Å². The maximum Gasteiger partial charge on any atom is 0.339 e. The number of carbonyl (C=O) groups is 1. The Morgan fingerprint density at radius 1 is 1.60 bits per heavy atom. The van der Waals surface area contributed by atoms with Crippen LogP contribution in [0.3, 0.4) is 0 Å². The molecule has 0 aliphatic carbocycles. The molecule has 1 aliphatic rings. The lowest BCUT2D eigenvalue weighted by Gasteiger charge is -2.25. The number of benzene rings is 1. The van der Waals surface area contributed by atoms with Crippen molar-refractivity contribution in [2.75, 3.05) is 13.7 Å². The smallest absolute Gasteiger partial charge is 0.339 e. The number of rotatable bonds is 2. The molecule has 2 rings (SSSR count). The molecular formula is C11H12O4. The van der Waals surface area contributed by atoms with Crippen LogP contribution in [0.4, 0.5) is 0 Å². The molecule has 0 radical (unpaired) electrons. The van der Waals surface area contributed by atoms with Crippen LogP contribution in [-0.4, -0.2) is 24.8 Å². The summed E-state index contributed by atoms with van der Waals surface area (Å²) in [7, 11) is 1.62. The molecule has 0 saturated heterocycles. The molecule has 1 aromatic carbocycles. The minimum absolute atomic E-state index is 0.0620. The van der Waals surface area contributed by atoms with Gasteiger partial charge in [0.2, 0.25) is 0 Å². The van der Waals surface area contributed by atoms with Gasteiger partial charge in [0.15, 0.2) is 0 Å². The SMILES string of the molecule is COC1CCOc2c(C(=O)O)cccc21. The second kappa shape index (κ2) is 3.90. The molecular weight excluding hydrogens is 196 g/mol. The molecule has 0 saturated carbocycles. The highest BCUT2D eigenvalue weighted by Crippen LogP contribution is 2.36. The van der Waals surface area contributed by atoms with E-state index < -0.39 is 5.97 Å². The van der Waals surface area contributed by atoms with Gasteiger partial charge in [0.25, 0.3) is 0 Å². The number of hydrogen-bond donors (Lipinski definition) is 1. The molecule has 0 fully saturated rings. The summed E-state index contributed by atoms with van der Waals surface area (Å²) in [6.45, 7) is 0.496. The second-order valence-electron chi connectivity index (χ2n) is 3.39. The highest BCUT2D eigenvalue weighted by molar-refractivity contribution is 5.91. The van der Waals surface area contributed by atoms with E-state index in [9.17, 15) is 4.79 Å². The lowest BCUT2D eigenvalue weighted by Crippen LogP contribution is -2.18. The predicted octanol–water partition coefficient (Wildman–Crippen LogP) is 1.85. The lowest BCUT2D eigenvalue weighted by atomic mass is 10.00. The standard InChI is InChI=1S/C11H12O4/c1-14-9-5-6-15-10-7(9)3-2-4-8(10)11(12)13/h2-4,9H,5-6H2,1H3,(H,12,13). The Morgan fingerprint density at radius 2 is 2.40 bits per heavy atom. The van der Waals surface area contributed by atoms with E-state index in [0.29, 0.717) is 12.4 Å². The summed E-state index contributed by atoms with van der Waals surface area (Å²) in [5.41, 5.74) is 1.03. The molecule has 1 unspecified atom stereocenters. The van der Waals surface area contributed by atoms with Crippen LogP contribution >= 0.6 is 0 Å². The quantitative estimate of drug-likeness (QED) is 0.805. The molecule has 0 bridgehead atoms. The highest BCUT2D eigenvalue weighted by Gasteiger charge is 2.25. The first kappa shape index (κ1) is 9.98. The van der Waals surface area contributed by atoms with Crippen LogP contribution < -0.4 is 4.74 Å². The molecule has 80 valence electrons. The third kappa shape index (κ3) is 1.68. The lowest BCUT2D eigenvalue weighted by molar-refractivity contribution is 0.0598. The van der Waals surface area contributed by atoms with E-state index in [2.05, 4.69) is 0 Å². The average Bonchev–Trinajstić information content (AvgIpc) is 2.27. The van der Waals surface area contributed by atoms with Gasteiger partial charge in [0.1, 0.15) is 11.3 Å². The maximum absolute atomic E-state index is 10.9. The molecule has 1 N–H and O–H groups in total. The Kier molecular flexibility index (Phi) is 2.60. The number of carboxylic acid groups (broad SMARTS) is 1. The second-order valence-corrected chi connectivity index (χ2v) is 3.39. The van der Waals surface area contributed by atoms with Gasteiger partial charge in [0.05, 0.1) is 12.7 Å². The van der Waals surface area contributed by atoms with Crippen molar-refractivity contribution in [3.05, 3.63) is 29.3 Å². The van der Waals surface area contributed by atoms with Gasteiger partial charge in [-0.15, -0.1) is 0 Å². The number of ether oxygens (including phenoxy) is 2. The fourth-order valence-electron chi connectivity index (χ4n) is 1.81. The van der Waals surface area contributed by atoms with E-state index in [1.54, 1.807) is 19.2 Å². The molecule has 1 heterocycles. The first-order valence-electron chi connectivity index (χ1n) is 4.76. The van der Waals surface area contributed by atoms with Crippen molar-refractivity contribution in [1.82, 2.24) is 0 Å². The zero-order valence-corrected chi connectivity index (χ0v) is 8.40. The number of carboxylic acids is 1. The minimum atomic E-state index is -0.969. The number of fused-ring (bicyclic) bond motifs is 1. The van der Waals surface area contributed by atoms with Crippen LogP contribution in [0, 0.1) is 0 Å². The van der Waals surface area contributed by atoms with Gasteiger partial charge in [-0.1, -0.05) is 12.1 Å². The molecule has 1 aliphatic heterocycles. The van der Waals surface area contributed by atoms with Gasteiger partial charge in [0, 0.05) is 19.1 Å². The first-order valence-corrected chi connectivity index (χ1v) is 4.76. The monoisotopic (exact) mass is 208 g/mol. The van der Waals surface area contributed by atoms with Gasteiger partial charge in [-0.2, -0.15) is 0 Å². The fraction of sp³-hybridized carbons (Fsp3) is 0.364. The number of hydrogen-bond acceptors (Lipinski definition) is 3. The third-order valence-electron chi connectivity index (χ3n) is 2.53. The van der Waals surface area contributed by atoms with Crippen LogP contribution in [0.15, 0.2) is 18.2 Å². The summed E-state index contributed by atoms with van der Waals surface area (Å²) in [5, 5.41) is 8.98. The zero-order valence-electron chi connectivity index (χ0n) is 8.40. The van der Waals surface area contributed by atoms with Crippen molar-refractivity contribution in [2.45, 2.75) is 12.5 Å². The van der Waals surface area contributed by atoms with Crippen molar-refractivity contribution >= 4 is 5.97 Å². The van der Waals surface area contributed by atoms with Crippen molar-refractivity contribution in [3.63, 3.8) is 0 Å².